The monoisotopic (exact) mass is 491 g/mol. The molecule has 0 bridgehead atoms. The predicted molar refractivity (Wildman–Crippen MR) is 125 cm³/mol. The number of thioether (sulfide) groups is 1. The molecule has 0 aromatic heterocycles. The van der Waals surface area contributed by atoms with Crippen LogP contribution in [0.25, 0.3) is 4.91 Å². The molecule has 0 saturated heterocycles. The number of nitrogens with one attached hydrogen (secondary N) is 1. The van der Waals surface area contributed by atoms with E-state index in [-0.39, 0.29) is 6.42 Å². The minimum atomic E-state index is -3.94. The highest BCUT2D eigenvalue weighted by Crippen LogP contribution is 2.63. The molecule has 2 aromatic rings. The average molecular weight is 492 g/mol. The van der Waals surface area contributed by atoms with E-state index in [9.17, 15) is 23.4 Å². The van der Waals surface area contributed by atoms with Crippen molar-refractivity contribution in [3.63, 3.8) is 0 Å². The molecule has 0 spiro atoms. The molecular formula is C23H22ClNO5S2. The molecule has 2 aromatic carbocycles. The molecule has 5 atom stereocenters. The number of fused-ring (bicyclic) bond motifs is 3. The van der Waals surface area contributed by atoms with Crippen LogP contribution >= 0.6 is 23.4 Å². The summed E-state index contributed by atoms with van der Waals surface area (Å²) >= 11 is 7.16. The molecule has 5 unspecified atom stereocenters. The minimum Gasteiger partial charge on any atom is -0.480 e. The van der Waals surface area contributed by atoms with E-state index in [2.05, 4.69) is 4.72 Å². The van der Waals surface area contributed by atoms with E-state index in [1.54, 1.807) is 36.4 Å². The number of hydrogen-bond donors (Lipinski definition) is 3. The summed E-state index contributed by atoms with van der Waals surface area (Å²) in [6, 6.07) is 14.4. The molecule has 168 valence electrons. The summed E-state index contributed by atoms with van der Waals surface area (Å²) in [6.45, 7) is 0. The summed E-state index contributed by atoms with van der Waals surface area (Å²) in [4.78, 5) is 13.3. The van der Waals surface area contributed by atoms with Crippen molar-refractivity contribution in [1.29, 1.82) is 0 Å². The largest absolute Gasteiger partial charge is 0.480 e. The first-order valence-electron chi connectivity index (χ1n) is 10.4. The summed E-state index contributed by atoms with van der Waals surface area (Å²) in [6.07, 6.45) is 2.32. The second kappa shape index (κ2) is 7.88. The van der Waals surface area contributed by atoms with Gasteiger partial charge < -0.3 is 10.2 Å². The van der Waals surface area contributed by atoms with Crippen LogP contribution in [0, 0.1) is 5.92 Å². The highest BCUT2D eigenvalue weighted by molar-refractivity contribution is 8.18. The van der Waals surface area contributed by atoms with Gasteiger partial charge in [0.2, 0.25) is 10.0 Å². The van der Waals surface area contributed by atoms with Gasteiger partial charge in [0, 0.05) is 15.8 Å². The van der Waals surface area contributed by atoms with Crippen molar-refractivity contribution in [3.8, 4) is 0 Å². The van der Waals surface area contributed by atoms with E-state index in [0.29, 0.717) is 29.0 Å². The van der Waals surface area contributed by atoms with Crippen molar-refractivity contribution in [2.75, 3.05) is 0 Å². The molecular weight excluding hydrogens is 470 g/mol. The van der Waals surface area contributed by atoms with Crippen LogP contribution in [-0.4, -0.2) is 34.7 Å². The number of hydrogen-bond acceptors (Lipinski definition) is 5. The second-order valence-electron chi connectivity index (χ2n) is 8.49. The molecule has 6 nitrogen and oxygen atoms in total. The van der Waals surface area contributed by atoms with Crippen LogP contribution in [0.15, 0.2) is 54.6 Å². The third-order valence-electron chi connectivity index (χ3n) is 6.70. The van der Waals surface area contributed by atoms with Gasteiger partial charge in [-0.05, 0) is 54.0 Å². The Morgan fingerprint density at radius 2 is 1.78 bits per heavy atom. The van der Waals surface area contributed by atoms with Crippen LogP contribution in [0.2, 0.25) is 5.02 Å². The van der Waals surface area contributed by atoms with Crippen LogP contribution in [0.3, 0.4) is 0 Å². The van der Waals surface area contributed by atoms with E-state index in [0.717, 1.165) is 10.5 Å². The Morgan fingerprint density at radius 1 is 1.09 bits per heavy atom. The maximum Gasteiger partial charge on any atom is 0.325 e. The van der Waals surface area contributed by atoms with Gasteiger partial charge in [0.1, 0.15) is 10.1 Å². The van der Waals surface area contributed by atoms with Gasteiger partial charge in [0.15, 0.2) is 0 Å². The zero-order valence-electron chi connectivity index (χ0n) is 16.9. The second-order valence-corrected chi connectivity index (χ2v) is 12.3. The SMILES string of the molecule is O=C(O)C1(NS(=O)(=O)C2CC=C(c3ccc(Cl)cc3)S2)C2CCC(O)c3ccccc3C21. The molecule has 1 aliphatic heterocycles. The smallest absolute Gasteiger partial charge is 0.325 e. The maximum absolute atomic E-state index is 13.3. The molecule has 32 heavy (non-hydrogen) atoms. The van der Waals surface area contributed by atoms with Gasteiger partial charge in [0.05, 0.1) is 6.10 Å². The summed E-state index contributed by atoms with van der Waals surface area (Å²) < 4.78 is 28.5. The Balaban J connectivity index is 1.41. The van der Waals surface area contributed by atoms with Crippen LogP contribution in [0.1, 0.15) is 48.0 Å². The van der Waals surface area contributed by atoms with Crippen LogP contribution < -0.4 is 4.72 Å². The van der Waals surface area contributed by atoms with Gasteiger partial charge in [-0.3, -0.25) is 4.79 Å². The lowest BCUT2D eigenvalue weighted by molar-refractivity contribution is -0.140. The molecule has 3 aliphatic rings. The first-order chi connectivity index (χ1) is 15.2. The van der Waals surface area contributed by atoms with Crippen LogP contribution in [0.4, 0.5) is 0 Å². The molecule has 1 saturated carbocycles. The van der Waals surface area contributed by atoms with Crippen molar-refractivity contribution in [2.24, 2.45) is 5.92 Å². The third-order valence-corrected chi connectivity index (χ3v) is 10.6. The lowest BCUT2D eigenvalue weighted by Gasteiger charge is -2.22. The van der Waals surface area contributed by atoms with Crippen molar-refractivity contribution in [2.45, 2.75) is 41.4 Å². The molecule has 1 fully saturated rings. The molecule has 2 aliphatic carbocycles. The van der Waals surface area contributed by atoms with Crippen molar-refractivity contribution >= 4 is 44.3 Å². The van der Waals surface area contributed by atoms with Crippen LogP contribution in [-0.2, 0) is 14.8 Å². The molecule has 0 radical (unpaired) electrons. The number of halogens is 1. The van der Waals surface area contributed by atoms with E-state index >= 15 is 0 Å². The van der Waals surface area contributed by atoms with Crippen molar-refractivity contribution < 1.29 is 23.4 Å². The summed E-state index contributed by atoms with van der Waals surface area (Å²) in [5, 5.41) is 21.2. The Labute approximate surface area is 195 Å². The van der Waals surface area contributed by atoms with Crippen molar-refractivity contribution in [1.82, 2.24) is 4.72 Å². The molecule has 3 N–H and O–H groups in total. The quantitative estimate of drug-likeness (QED) is 0.581. The summed E-state index contributed by atoms with van der Waals surface area (Å²) in [5.41, 5.74) is 0.694. The lowest BCUT2D eigenvalue weighted by Crippen LogP contribution is -2.48. The van der Waals surface area contributed by atoms with Gasteiger partial charge in [-0.1, -0.05) is 54.1 Å². The number of aliphatic hydroxyl groups excluding tert-OH is 1. The zero-order valence-corrected chi connectivity index (χ0v) is 19.3. The van der Waals surface area contributed by atoms with Crippen molar-refractivity contribution in [3.05, 3.63) is 76.3 Å². The van der Waals surface area contributed by atoms with E-state index in [1.807, 2.05) is 18.2 Å². The van der Waals surface area contributed by atoms with E-state index < -0.39 is 44.1 Å². The fourth-order valence-corrected chi connectivity index (χ4v) is 8.46. The Kier molecular flexibility index (Phi) is 5.41. The van der Waals surface area contributed by atoms with E-state index in [1.165, 1.54) is 11.8 Å². The third kappa shape index (κ3) is 3.49. The normalized spacial score (nSPS) is 31.2. The Morgan fingerprint density at radius 3 is 2.47 bits per heavy atom. The van der Waals surface area contributed by atoms with E-state index in [4.69, 9.17) is 11.6 Å². The highest BCUT2D eigenvalue weighted by Gasteiger charge is 2.73. The van der Waals surface area contributed by atoms with Gasteiger partial charge >= 0.3 is 5.97 Å². The number of aliphatic hydroxyl groups is 1. The first-order valence-corrected chi connectivity index (χ1v) is 13.2. The lowest BCUT2D eigenvalue weighted by atomic mass is 9.95. The minimum absolute atomic E-state index is 0.290. The maximum atomic E-state index is 13.3. The summed E-state index contributed by atoms with van der Waals surface area (Å²) in [7, 11) is -3.94. The van der Waals surface area contributed by atoms with Crippen LogP contribution in [0.5, 0.6) is 0 Å². The molecule has 0 amide bonds. The fraction of sp³-hybridized carbons (Fsp3) is 0.348. The number of aliphatic carboxylic acids is 1. The number of rotatable bonds is 5. The fourth-order valence-electron chi connectivity index (χ4n) is 5.11. The average Bonchev–Trinajstić information content (AvgIpc) is 3.15. The molecule has 5 rings (SSSR count). The zero-order chi connectivity index (χ0) is 22.7. The predicted octanol–water partition coefficient (Wildman–Crippen LogP) is 4.13. The number of carboxylic acid groups (broad SMARTS) is 1. The summed E-state index contributed by atoms with van der Waals surface area (Å²) in [5.74, 6) is -2.07. The topological polar surface area (TPSA) is 104 Å². The van der Waals surface area contributed by atoms with Gasteiger partial charge in [-0.15, -0.1) is 11.8 Å². The number of benzene rings is 2. The Hall–Kier alpha value is -1.84. The number of allylic oxidation sites excluding steroid dienone is 1. The highest BCUT2D eigenvalue weighted by atomic mass is 35.5. The number of carbonyl (C=O) groups is 1. The van der Waals surface area contributed by atoms with Gasteiger partial charge in [-0.2, -0.15) is 4.72 Å². The molecule has 1 heterocycles. The first kappa shape index (κ1) is 22.0. The number of sulfonamides is 1. The van der Waals surface area contributed by atoms with Gasteiger partial charge in [0.25, 0.3) is 0 Å². The van der Waals surface area contributed by atoms with Gasteiger partial charge in [-0.25, -0.2) is 8.42 Å². The number of carboxylic acids is 1. The molecule has 9 heteroatoms. The Bertz CT molecular complexity index is 1210. The standard InChI is InChI=1S/C23H22ClNO5S2/c24-14-7-5-13(6-8-14)19-11-12-20(31-19)32(29,30)25-23(22(27)28)17-9-10-18(26)15-3-1-2-4-16(15)21(17)23/h1-8,11,17-18,20-21,25-26H,9-10,12H2,(H,27,28).